The number of carbonyl (C=O) groups is 1. The highest BCUT2D eigenvalue weighted by molar-refractivity contribution is 7.14. The molecule has 2 aromatic rings. The minimum absolute atomic E-state index is 0.126. The van der Waals surface area contributed by atoms with E-state index in [1.807, 2.05) is 18.4 Å². The Morgan fingerprint density at radius 2 is 2.25 bits per heavy atom. The summed E-state index contributed by atoms with van der Waals surface area (Å²) in [5, 5.41) is 14.4. The van der Waals surface area contributed by atoms with Crippen LogP contribution >= 0.6 is 11.3 Å². The van der Waals surface area contributed by atoms with Crippen LogP contribution < -0.4 is 5.06 Å². The van der Waals surface area contributed by atoms with Crippen molar-refractivity contribution in [2.45, 2.75) is 13.8 Å². The predicted octanol–water partition coefficient (Wildman–Crippen LogP) is 2.98. The van der Waals surface area contributed by atoms with E-state index >= 15 is 0 Å². The van der Waals surface area contributed by atoms with Crippen LogP contribution in [0.4, 0.5) is 16.5 Å². The minimum Gasteiger partial charge on any atom is -0.334 e. The lowest BCUT2D eigenvalue weighted by Gasteiger charge is -2.19. The van der Waals surface area contributed by atoms with Gasteiger partial charge in [0.05, 0.1) is 4.92 Å². The fraction of sp³-hybridized carbons (Fsp3) is 0.167. The van der Waals surface area contributed by atoms with Crippen molar-refractivity contribution in [2.24, 2.45) is 0 Å². The zero-order valence-electron chi connectivity index (χ0n) is 10.8. The quantitative estimate of drug-likeness (QED) is 0.636. The summed E-state index contributed by atoms with van der Waals surface area (Å²) in [5.41, 5.74) is 0.892. The first-order valence-electron chi connectivity index (χ1n) is 5.61. The fourth-order valence-electron chi connectivity index (χ4n) is 1.46. The fourth-order valence-corrected chi connectivity index (χ4v) is 2.32. The molecule has 20 heavy (non-hydrogen) atoms. The van der Waals surface area contributed by atoms with Crippen molar-refractivity contribution < 1.29 is 14.6 Å². The molecule has 0 aliphatic carbocycles. The van der Waals surface area contributed by atoms with E-state index in [-0.39, 0.29) is 5.69 Å². The third kappa shape index (κ3) is 3.09. The van der Waals surface area contributed by atoms with Gasteiger partial charge in [-0.05, 0) is 30.0 Å². The van der Waals surface area contributed by atoms with Crippen molar-refractivity contribution in [3.63, 3.8) is 0 Å². The predicted molar refractivity (Wildman–Crippen MR) is 73.9 cm³/mol. The molecule has 0 aliphatic heterocycles. The number of pyridine rings is 1. The number of nitro groups is 1. The summed E-state index contributed by atoms with van der Waals surface area (Å²) in [6.07, 6.45) is 1.12. The second-order valence-electron chi connectivity index (χ2n) is 3.97. The van der Waals surface area contributed by atoms with Gasteiger partial charge in [0.25, 0.3) is 5.69 Å². The standard InChI is InChI=1S/C12H11N3O4S/c1-8-5-12(20-7-8)14(19-9(2)16)11-4-3-10(6-13-11)15(17)18/h3-7H,1-2H3. The highest BCUT2D eigenvalue weighted by atomic mass is 32.1. The maximum absolute atomic E-state index is 11.2. The average Bonchev–Trinajstić information content (AvgIpc) is 2.82. The average molecular weight is 293 g/mol. The van der Waals surface area contributed by atoms with Crippen molar-refractivity contribution in [3.05, 3.63) is 45.5 Å². The van der Waals surface area contributed by atoms with Crippen LogP contribution in [0.5, 0.6) is 0 Å². The highest BCUT2D eigenvalue weighted by Crippen LogP contribution is 2.31. The molecule has 2 heterocycles. The van der Waals surface area contributed by atoms with E-state index in [1.54, 1.807) is 0 Å². The molecule has 0 fully saturated rings. The first kappa shape index (κ1) is 13.9. The van der Waals surface area contributed by atoms with Crippen LogP contribution in [0, 0.1) is 17.0 Å². The van der Waals surface area contributed by atoms with Crippen LogP contribution in [0.25, 0.3) is 0 Å². The van der Waals surface area contributed by atoms with Gasteiger partial charge in [0, 0.05) is 13.0 Å². The molecule has 7 nitrogen and oxygen atoms in total. The van der Waals surface area contributed by atoms with Crippen LogP contribution in [0.15, 0.2) is 29.8 Å². The molecule has 0 unspecified atom stereocenters. The van der Waals surface area contributed by atoms with Crippen molar-refractivity contribution in [3.8, 4) is 0 Å². The lowest BCUT2D eigenvalue weighted by molar-refractivity contribution is -0.385. The Kier molecular flexibility index (Phi) is 3.94. The van der Waals surface area contributed by atoms with Gasteiger partial charge in [0.15, 0.2) is 5.82 Å². The number of rotatable bonds is 4. The second kappa shape index (κ2) is 5.66. The monoisotopic (exact) mass is 293 g/mol. The number of carbonyl (C=O) groups excluding carboxylic acids is 1. The number of hydrogen-bond donors (Lipinski definition) is 0. The third-order valence-corrected chi connectivity index (χ3v) is 3.30. The maximum atomic E-state index is 11.2. The smallest absolute Gasteiger partial charge is 0.329 e. The molecule has 0 aliphatic rings. The van der Waals surface area contributed by atoms with E-state index in [0.717, 1.165) is 11.8 Å². The molecule has 0 amide bonds. The molecule has 0 spiro atoms. The summed E-state index contributed by atoms with van der Waals surface area (Å²) in [7, 11) is 0. The molecule has 0 atom stereocenters. The van der Waals surface area contributed by atoms with Gasteiger partial charge in [-0.15, -0.1) is 16.4 Å². The number of anilines is 2. The molecule has 0 saturated heterocycles. The van der Waals surface area contributed by atoms with E-state index in [1.165, 1.54) is 35.5 Å². The van der Waals surface area contributed by atoms with Crippen LogP contribution in [0.3, 0.4) is 0 Å². The third-order valence-electron chi connectivity index (χ3n) is 2.29. The molecule has 0 bridgehead atoms. The van der Waals surface area contributed by atoms with Gasteiger partial charge < -0.3 is 4.84 Å². The number of nitrogens with zero attached hydrogens (tertiary/aromatic N) is 3. The van der Waals surface area contributed by atoms with Gasteiger partial charge in [0.2, 0.25) is 0 Å². The van der Waals surface area contributed by atoms with Crippen molar-refractivity contribution in [2.75, 3.05) is 5.06 Å². The summed E-state index contributed by atoms with van der Waals surface area (Å²) >= 11 is 1.38. The molecule has 2 rings (SSSR count). The van der Waals surface area contributed by atoms with Gasteiger partial charge in [-0.2, -0.15) is 0 Å². The zero-order valence-corrected chi connectivity index (χ0v) is 11.6. The largest absolute Gasteiger partial charge is 0.334 e. The molecule has 0 radical (unpaired) electrons. The Labute approximate surface area is 118 Å². The van der Waals surface area contributed by atoms with E-state index in [2.05, 4.69) is 4.98 Å². The molecular formula is C12H11N3O4S. The van der Waals surface area contributed by atoms with E-state index in [9.17, 15) is 14.9 Å². The van der Waals surface area contributed by atoms with Crippen molar-refractivity contribution in [1.29, 1.82) is 0 Å². The number of hydrogen-bond acceptors (Lipinski definition) is 7. The zero-order chi connectivity index (χ0) is 14.7. The SMILES string of the molecule is CC(=O)ON(c1ccc([N+](=O)[O-])cn1)c1cc(C)cs1. The van der Waals surface area contributed by atoms with Crippen LogP contribution in [-0.2, 0) is 9.63 Å². The molecule has 2 aromatic heterocycles. The number of aryl methyl sites for hydroxylation is 1. The molecule has 0 saturated carbocycles. The van der Waals surface area contributed by atoms with Crippen molar-refractivity contribution >= 4 is 33.8 Å². The summed E-state index contributed by atoms with van der Waals surface area (Å²) in [6, 6.07) is 4.56. The second-order valence-corrected chi connectivity index (χ2v) is 4.86. The Balaban J connectivity index is 2.35. The van der Waals surface area contributed by atoms with Crippen LogP contribution in [0.1, 0.15) is 12.5 Å². The number of aromatic nitrogens is 1. The van der Waals surface area contributed by atoms with Gasteiger partial charge in [-0.1, -0.05) is 0 Å². The van der Waals surface area contributed by atoms with Gasteiger partial charge in [-0.3, -0.25) is 10.1 Å². The first-order valence-corrected chi connectivity index (χ1v) is 6.49. The Morgan fingerprint density at radius 1 is 1.50 bits per heavy atom. The summed E-state index contributed by atoms with van der Waals surface area (Å²) in [4.78, 5) is 30.3. The topological polar surface area (TPSA) is 85.6 Å². The van der Waals surface area contributed by atoms with Gasteiger partial charge in [-0.25, -0.2) is 9.78 Å². The minimum atomic E-state index is -0.539. The molecule has 104 valence electrons. The lowest BCUT2D eigenvalue weighted by Crippen LogP contribution is -2.20. The van der Waals surface area contributed by atoms with E-state index in [4.69, 9.17) is 4.84 Å². The van der Waals surface area contributed by atoms with Gasteiger partial charge >= 0.3 is 5.97 Å². The van der Waals surface area contributed by atoms with Crippen molar-refractivity contribution in [1.82, 2.24) is 4.98 Å². The number of thiophene rings is 1. The summed E-state index contributed by atoms with van der Waals surface area (Å²) in [6.45, 7) is 3.19. The first-order chi connectivity index (χ1) is 9.47. The van der Waals surface area contributed by atoms with Crippen LogP contribution in [0.2, 0.25) is 0 Å². The summed E-state index contributed by atoms with van der Waals surface area (Å²) < 4.78 is 0. The van der Waals surface area contributed by atoms with Crippen LogP contribution in [-0.4, -0.2) is 15.9 Å². The van der Waals surface area contributed by atoms with E-state index < -0.39 is 10.9 Å². The maximum Gasteiger partial charge on any atom is 0.329 e. The van der Waals surface area contributed by atoms with Gasteiger partial charge in [0.1, 0.15) is 11.2 Å². The summed E-state index contributed by atoms with van der Waals surface area (Å²) in [5.74, 6) is -0.205. The highest BCUT2D eigenvalue weighted by Gasteiger charge is 2.17. The normalized spacial score (nSPS) is 10.1. The molecule has 8 heteroatoms. The Bertz CT molecular complexity index is 638. The molecule has 0 N–H and O–H groups in total. The molecule has 0 aromatic carbocycles. The molecular weight excluding hydrogens is 282 g/mol. The lowest BCUT2D eigenvalue weighted by atomic mass is 10.4. The Morgan fingerprint density at radius 3 is 2.70 bits per heavy atom. The van der Waals surface area contributed by atoms with E-state index in [0.29, 0.717) is 10.8 Å². The Hall–Kier alpha value is -2.48.